The van der Waals surface area contributed by atoms with Crippen molar-refractivity contribution in [1.82, 2.24) is 5.32 Å². The molecule has 0 aliphatic carbocycles. The van der Waals surface area contributed by atoms with Crippen molar-refractivity contribution in [3.8, 4) is 0 Å². The average molecular weight is 405 g/mol. The molecular weight excluding hydrogens is 390 g/mol. The van der Waals surface area contributed by atoms with E-state index in [1.165, 1.54) is 12.1 Å². The Morgan fingerprint density at radius 3 is 1.89 bits per heavy atom. The zero-order chi connectivity index (χ0) is 20.9. The van der Waals surface area contributed by atoms with Crippen LogP contribution in [0, 0.1) is 0 Å². The zero-order valence-corrected chi connectivity index (χ0v) is 15.0. The van der Waals surface area contributed by atoms with Crippen LogP contribution in [0.15, 0.2) is 54.6 Å². The fourth-order valence-corrected chi connectivity index (χ4v) is 3.07. The summed E-state index contributed by atoms with van der Waals surface area (Å²) in [5, 5.41) is 9.15. The quantitative estimate of drug-likeness (QED) is 0.385. The van der Waals surface area contributed by atoms with E-state index < -0.39 is 39.6 Å². The minimum atomic E-state index is -4.42. The Morgan fingerprint density at radius 1 is 0.929 bits per heavy atom. The van der Waals surface area contributed by atoms with Crippen molar-refractivity contribution in [3.63, 3.8) is 0 Å². The molecule has 0 radical (unpaired) electrons. The number of hydrogen-bond acceptors (Lipinski definition) is 6. The van der Waals surface area contributed by atoms with Gasteiger partial charge in [0.2, 0.25) is 11.8 Å². The lowest BCUT2D eigenvalue weighted by Crippen LogP contribution is -2.30. The van der Waals surface area contributed by atoms with Gasteiger partial charge in [0.1, 0.15) is 0 Å². The summed E-state index contributed by atoms with van der Waals surface area (Å²) in [4.78, 5) is 44.1. The number of amides is 2. The molecule has 0 spiro atoms. The molecule has 9 nitrogen and oxygen atoms in total. The van der Waals surface area contributed by atoms with Gasteiger partial charge in [-0.2, -0.15) is 8.42 Å². The van der Waals surface area contributed by atoms with Crippen LogP contribution in [0.25, 0.3) is 0 Å². The molecule has 2 amide bonds. The molecule has 1 aliphatic rings. The average Bonchev–Trinajstić information content (AvgIpc) is 3.01. The zero-order valence-electron chi connectivity index (χ0n) is 14.2. The Bertz CT molecular complexity index is 1030. The number of carbonyl (C=O) groups excluding carboxylic acids is 3. The van der Waals surface area contributed by atoms with Gasteiger partial charge in [-0.25, -0.2) is 4.79 Å². The summed E-state index contributed by atoms with van der Waals surface area (Å²) in [6.07, 6.45) is -0.488. The van der Waals surface area contributed by atoms with E-state index in [-0.39, 0.29) is 16.9 Å². The second-order valence-electron chi connectivity index (χ2n) is 5.67. The van der Waals surface area contributed by atoms with E-state index in [1.807, 2.05) is 0 Å². The molecule has 0 bridgehead atoms. The molecule has 2 aromatic rings. The first-order valence-corrected chi connectivity index (χ1v) is 9.33. The van der Waals surface area contributed by atoms with Gasteiger partial charge in [0.25, 0.3) is 10.1 Å². The van der Waals surface area contributed by atoms with Gasteiger partial charge in [0, 0.05) is 11.1 Å². The molecule has 3 N–H and O–H groups in total. The number of carboxylic acid groups (broad SMARTS) is 1. The van der Waals surface area contributed by atoms with E-state index in [2.05, 4.69) is 0 Å². The number of rotatable bonds is 4. The number of benzene rings is 2. The number of carboxylic acids is 1. The van der Waals surface area contributed by atoms with Crippen LogP contribution < -0.4 is 5.32 Å². The number of hydrogen-bond donors (Lipinski definition) is 3. The van der Waals surface area contributed by atoms with Gasteiger partial charge in [-0.3, -0.25) is 24.3 Å². The van der Waals surface area contributed by atoms with Crippen molar-refractivity contribution in [2.24, 2.45) is 0 Å². The second kappa shape index (κ2) is 8.55. The predicted octanol–water partition coefficient (Wildman–Crippen LogP) is 0.905. The third-order valence-electron chi connectivity index (χ3n) is 3.72. The maximum absolute atomic E-state index is 12.1. The Balaban J connectivity index is 0.000000221. The molecule has 28 heavy (non-hydrogen) atoms. The second-order valence-corrected chi connectivity index (χ2v) is 7.27. The summed E-state index contributed by atoms with van der Waals surface area (Å²) in [5.41, 5.74) is 0.730. The van der Waals surface area contributed by atoms with E-state index in [1.54, 1.807) is 47.8 Å². The van der Waals surface area contributed by atoms with Crippen LogP contribution in [0.1, 0.15) is 32.7 Å². The topological polar surface area (TPSA) is 155 Å². The summed E-state index contributed by atoms with van der Waals surface area (Å²) < 4.78 is 29.0. The molecule has 146 valence electrons. The largest absolute Gasteiger partial charge is 0.478 e. The standard InChI is InChI=1S/C14H10O3.C4H5NO5S/c15-13(10-6-2-1-3-7-10)11-8-4-5-9-12(11)14(16)17;6-3-1-2(4(7)5-3)11(8,9)10/h1-9H,(H,16,17);2H,1H2,(H,5,6,7)(H,8,9,10). The van der Waals surface area contributed by atoms with Crippen LogP contribution in [0.2, 0.25) is 0 Å². The maximum Gasteiger partial charge on any atom is 0.336 e. The lowest BCUT2D eigenvalue weighted by molar-refractivity contribution is -0.124. The van der Waals surface area contributed by atoms with Crippen molar-refractivity contribution in [2.75, 3.05) is 0 Å². The van der Waals surface area contributed by atoms with Gasteiger partial charge >= 0.3 is 5.97 Å². The molecule has 0 saturated carbocycles. The molecule has 1 unspecified atom stereocenters. The third-order valence-corrected chi connectivity index (χ3v) is 4.82. The van der Waals surface area contributed by atoms with E-state index in [0.717, 1.165) is 0 Å². The molecule has 1 atom stereocenters. The third kappa shape index (κ3) is 5.09. The summed E-state index contributed by atoms with van der Waals surface area (Å²) in [7, 11) is -4.42. The molecule has 1 aliphatic heterocycles. The van der Waals surface area contributed by atoms with Crippen LogP contribution in [-0.2, 0) is 19.7 Å². The molecule has 10 heteroatoms. The molecule has 3 rings (SSSR count). The fraction of sp³-hybridized carbons (Fsp3) is 0.111. The first kappa shape index (κ1) is 20.9. The molecular formula is C18H15NO8S. The summed E-state index contributed by atoms with van der Waals surface area (Å²) in [6, 6.07) is 14.8. The lowest BCUT2D eigenvalue weighted by Gasteiger charge is -2.04. The van der Waals surface area contributed by atoms with Gasteiger partial charge in [-0.1, -0.05) is 48.5 Å². The normalized spacial score (nSPS) is 16.0. The first-order valence-electron chi connectivity index (χ1n) is 7.83. The summed E-state index contributed by atoms with van der Waals surface area (Å²) in [5.74, 6) is -3.01. The van der Waals surface area contributed by atoms with Crippen LogP contribution in [0.3, 0.4) is 0 Å². The van der Waals surface area contributed by atoms with E-state index in [4.69, 9.17) is 9.66 Å². The Hall–Kier alpha value is -3.37. The Kier molecular flexibility index (Phi) is 6.39. The van der Waals surface area contributed by atoms with Crippen molar-refractivity contribution < 1.29 is 37.3 Å². The lowest BCUT2D eigenvalue weighted by atomic mass is 9.98. The van der Waals surface area contributed by atoms with Crippen LogP contribution in [-0.4, -0.2) is 46.9 Å². The number of nitrogens with one attached hydrogen (secondary N) is 1. The highest BCUT2D eigenvalue weighted by molar-refractivity contribution is 7.87. The first-order chi connectivity index (χ1) is 13.1. The Labute approximate surface area is 159 Å². The van der Waals surface area contributed by atoms with E-state index >= 15 is 0 Å². The maximum atomic E-state index is 12.1. The summed E-state index contributed by atoms with van der Waals surface area (Å²) in [6.45, 7) is 0. The molecule has 1 saturated heterocycles. The predicted molar refractivity (Wildman–Crippen MR) is 96.4 cm³/mol. The highest BCUT2D eigenvalue weighted by Gasteiger charge is 2.39. The summed E-state index contributed by atoms with van der Waals surface area (Å²) >= 11 is 0. The van der Waals surface area contributed by atoms with Crippen LogP contribution in [0.4, 0.5) is 0 Å². The van der Waals surface area contributed by atoms with Crippen molar-refractivity contribution in [3.05, 3.63) is 71.3 Å². The van der Waals surface area contributed by atoms with Crippen LogP contribution >= 0.6 is 0 Å². The number of imide groups is 1. The van der Waals surface area contributed by atoms with E-state index in [9.17, 15) is 27.6 Å². The minimum Gasteiger partial charge on any atom is -0.478 e. The van der Waals surface area contributed by atoms with Gasteiger partial charge in [-0.05, 0) is 6.07 Å². The smallest absolute Gasteiger partial charge is 0.336 e. The van der Waals surface area contributed by atoms with E-state index in [0.29, 0.717) is 5.56 Å². The fourth-order valence-electron chi connectivity index (χ4n) is 2.38. The number of aromatic carboxylic acids is 1. The van der Waals surface area contributed by atoms with Crippen LogP contribution in [0.5, 0.6) is 0 Å². The monoisotopic (exact) mass is 405 g/mol. The Morgan fingerprint density at radius 2 is 1.46 bits per heavy atom. The highest BCUT2D eigenvalue weighted by Crippen LogP contribution is 2.14. The van der Waals surface area contributed by atoms with Crippen molar-refractivity contribution >= 4 is 33.7 Å². The molecule has 1 heterocycles. The molecule has 0 aromatic heterocycles. The molecule has 2 aromatic carbocycles. The number of ketones is 1. The van der Waals surface area contributed by atoms with Gasteiger partial charge in [0.15, 0.2) is 11.0 Å². The van der Waals surface area contributed by atoms with Gasteiger partial charge < -0.3 is 5.11 Å². The highest BCUT2D eigenvalue weighted by atomic mass is 32.2. The SMILES string of the molecule is O=C(O)c1ccccc1C(=O)c1ccccc1.O=C1CC(S(=O)(=O)O)C(=O)N1. The minimum absolute atomic E-state index is 0.0290. The number of carbonyl (C=O) groups is 4. The van der Waals surface area contributed by atoms with Crippen molar-refractivity contribution in [2.45, 2.75) is 11.7 Å². The van der Waals surface area contributed by atoms with Gasteiger partial charge in [0.05, 0.1) is 12.0 Å². The van der Waals surface area contributed by atoms with Crippen molar-refractivity contribution in [1.29, 1.82) is 0 Å². The molecule has 1 fully saturated rings. The van der Waals surface area contributed by atoms with Gasteiger partial charge in [-0.15, -0.1) is 0 Å².